The van der Waals surface area contributed by atoms with Gasteiger partial charge in [-0.3, -0.25) is 44.4 Å². The number of carbonyl (C=O) groups is 4. The van der Waals surface area contributed by atoms with Crippen molar-refractivity contribution in [3.05, 3.63) is 57.4 Å². The summed E-state index contributed by atoms with van der Waals surface area (Å²) in [6.07, 6.45) is 2.35. The number of anilines is 3. The lowest BCUT2D eigenvalue weighted by Crippen LogP contribution is -2.54. The monoisotopic (exact) mass is 708 g/mol. The number of nitrogens with zero attached hydrogens (tertiary/aromatic N) is 6. The van der Waals surface area contributed by atoms with E-state index in [1.54, 1.807) is 17.0 Å². The molecule has 51 heavy (non-hydrogen) atoms. The number of imide groups is 2. The number of amides is 4. The molecule has 3 N–H and O–H groups in total. The van der Waals surface area contributed by atoms with Crippen molar-refractivity contribution in [3.8, 4) is 0 Å². The fraction of sp³-hybridized carbons (Fsp3) is 0.543. The minimum atomic E-state index is -1.43. The standard InChI is InChI=1S/C35H42F2N8O6/c36-26-18-24-25(34(49)44(33(24)48)29-3-4-31(46)39-32(29)47)19-30(26)43-11-7-35(37,8-12-43)21-41-9-5-22(6-10-41)20-40-13-15-42(16-14-40)23-1-2-28(45(50)51)27(38)17-23/h1-2,17-19,22,29H,3-16,20-21,38H2,(H,39,46,47). The van der Waals surface area contributed by atoms with Crippen LogP contribution in [0.15, 0.2) is 30.3 Å². The maximum Gasteiger partial charge on any atom is 0.292 e. The number of piperidine rings is 3. The lowest BCUT2D eigenvalue weighted by Gasteiger charge is -2.43. The Kier molecular flexibility index (Phi) is 9.39. The Bertz CT molecular complexity index is 1750. The predicted molar refractivity (Wildman–Crippen MR) is 184 cm³/mol. The van der Waals surface area contributed by atoms with E-state index in [0.717, 1.165) is 75.3 Å². The van der Waals surface area contributed by atoms with E-state index >= 15 is 8.78 Å². The molecular weight excluding hydrogens is 666 g/mol. The zero-order valence-electron chi connectivity index (χ0n) is 28.3. The molecule has 5 aliphatic rings. The first-order valence-corrected chi connectivity index (χ1v) is 17.6. The largest absolute Gasteiger partial charge is 0.393 e. The summed E-state index contributed by atoms with van der Waals surface area (Å²) in [7, 11) is 0. The Morgan fingerprint density at radius 1 is 0.863 bits per heavy atom. The van der Waals surface area contributed by atoms with Gasteiger partial charge in [0.05, 0.1) is 21.7 Å². The summed E-state index contributed by atoms with van der Waals surface area (Å²) in [5.74, 6) is -2.86. The van der Waals surface area contributed by atoms with Crippen molar-refractivity contribution >= 4 is 46.4 Å². The van der Waals surface area contributed by atoms with Gasteiger partial charge in [-0.2, -0.15) is 0 Å². The van der Waals surface area contributed by atoms with Gasteiger partial charge in [0.25, 0.3) is 17.5 Å². The minimum Gasteiger partial charge on any atom is -0.393 e. The van der Waals surface area contributed by atoms with Crippen LogP contribution in [0.5, 0.6) is 0 Å². The van der Waals surface area contributed by atoms with Crippen LogP contribution in [0.1, 0.15) is 59.2 Å². The number of benzene rings is 2. The molecule has 16 heteroatoms. The number of nitro groups is 1. The Balaban J connectivity index is 0.872. The molecule has 0 aromatic heterocycles. The van der Waals surface area contributed by atoms with Crippen LogP contribution in [0.4, 0.5) is 31.5 Å². The van der Waals surface area contributed by atoms with Crippen LogP contribution in [-0.4, -0.2) is 120 Å². The third-order valence-corrected chi connectivity index (χ3v) is 11.2. The molecule has 4 amide bonds. The normalized spacial score (nSPS) is 23.5. The van der Waals surface area contributed by atoms with E-state index in [1.165, 1.54) is 12.1 Å². The summed E-state index contributed by atoms with van der Waals surface area (Å²) in [5.41, 5.74) is 5.43. The zero-order chi connectivity index (χ0) is 36.0. The van der Waals surface area contributed by atoms with Crippen LogP contribution < -0.4 is 20.9 Å². The van der Waals surface area contributed by atoms with E-state index in [1.807, 2.05) is 0 Å². The second-order valence-corrected chi connectivity index (χ2v) is 14.4. The molecule has 0 bridgehead atoms. The molecule has 4 fully saturated rings. The molecule has 2 aromatic carbocycles. The Morgan fingerprint density at radius 2 is 1.53 bits per heavy atom. The van der Waals surface area contributed by atoms with Gasteiger partial charge in [0, 0.05) is 83.4 Å². The van der Waals surface area contributed by atoms with Crippen molar-refractivity contribution in [3.63, 3.8) is 0 Å². The molecule has 0 radical (unpaired) electrons. The highest BCUT2D eigenvalue weighted by atomic mass is 19.1. The number of nitrogen functional groups attached to an aromatic ring is 1. The summed E-state index contributed by atoms with van der Waals surface area (Å²) < 4.78 is 31.5. The Morgan fingerprint density at radius 3 is 2.16 bits per heavy atom. The van der Waals surface area contributed by atoms with Crippen LogP contribution in [0.25, 0.3) is 0 Å². The van der Waals surface area contributed by atoms with Crippen molar-refractivity contribution < 1.29 is 32.9 Å². The van der Waals surface area contributed by atoms with Crippen LogP contribution in [0.3, 0.4) is 0 Å². The summed E-state index contributed by atoms with van der Waals surface area (Å²) in [4.78, 5) is 70.2. The lowest BCUT2D eigenvalue weighted by molar-refractivity contribution is -0.383. The van der Waals surface area contributed by atoms with Gasteiger partial charge in [-0.25, -0.2) is 8.78 Å². The first-order chi connectivity index (χ1) is 24.4. The van der Waals surface area contributed by atoms with Crippen LogP contribution in [-0.2, 0) is 9.59 Å². The Labute approximate surface area is 293 Å². The number of hydrogen-bond donors (Lipinski definition) is 2. The molecule has 272 valence electrons. The van der Waals surface area contributed by atoms with E-state index in [9.17, 15) is 29.3 Å². The molecule has 0 aliphatic carbocycles. The molecule has 2 aromatic rings. The highest BCUT2D eigenvalue weighted by molar-refractivity contribution is 6.23. The van der Waals surface area contributed by atoms with Crippen molar-refractivity contribution in [2.75, 3.05) is 81.0 Å². The van der Waals surface area contributed by atoms with Crippen LogP contribution >= 0.6 is 0 Å². The van der Waals surface area contributed by atoms with Gasteiger partial charge in [0.1, 0.15) is 23.2 Å². The van der Waals surface area contributed by atoms with Crippen molar-refractivity contribution in [2.45, 2.75) is 50.2 Å². The van der Waals surface area contributed by atoms with Gasteiger partial charge < -0.3 is 20.4 Å². The second kappa shape index (κ2) is 13.8. The van der Waals surface area contributed by atoms with Crippen LogP contribution in [0.2, 0.25) is 0 Å². The number of carbonyl (C=O) groups excluding carboxylic acids is 4. The number of fused-ring (bicyclic) bond motifs is 1. The molecule has 5 aliphatic heterocycles. The Hall–Kier alpha value is -4.70. The highest BCUT2D eigenvalue weighted by Gasteiger charge is 2.46. The highest BCUT2D eigenvalue weighted by Crippen LogP contribution is 2.37. The second-order valence-electron chi connectivity index (χ2n) is 14.4. The van der Waals surface area contributed by atoms with Gasteiger partial charge in [-0.1, -0.05) is 0 Å². The first-order valence-electron chi connectivity index (χ1n) is 17.6. The summed E-state index contributed by atoms with van der Waals surface area (Å²) >= 11 is 0. The molecule has 1 unspecified atom stereocenters. The molecule has 14 nitrogen and oxygen atoms in total. The molecule has 4 saturated heterocycles. The van der Waals surface area contributed by atoms with Crippen molar-refractivity contribution in [1.82, 2.24) is 20.0 Å². The van der Waals surface area contributed by atoms with E-state index < -0.39 is 46.1 Å². The fourth-order valence-electron chi connectivity index (χ4n) is 8.21. The van der Waals surface area contributed by atoms with Crippen molar-refractivity contribution in [2.24, 2.45) is 5.92 Å². The average molecular weight is 709 g/mol. The van der Waals surface area contributed by atoms with Gasteiger partial charge in [-0.05, 0) is 62.5 Å². The number of nitrogens with one attached hydrogen (secondary N) is 1. The smallest absolute Gasteiger partial charge is 0.292 e. The van der Waals surface area contributed by atoms with E-state index in [2.05, 4.69) is 20.0 Å². The topological polar surface area (TPSA) is 166 Å². The van der Waals surface area contributed by atoms with Gasteiger partial charge in [-0.15, -0.1) is 0 Å². The average Bonchev–Trinajstić information content (AvgIpc) is 3.33. The van der Waals surface area contributed by atoms with Crippen molar-refractivity contribution in [1.29, 1.82) is 0 Å². The van der Waals surface area contributed by atoms with Gasteiger partial charge in [0.15, 0.2) is 0 Å². The molecule has 0 spiro atoms. The number of piperazine rings is 1. The van der Waals surface area contributed by atoms with Crippen LogP contribution in [0, 0.1) is 21.8 Å². The summed E-state index contributed by atoms with van der Waals surface area (Å²) in [6, 6.07) is 6.09. The number of nitrogens with two attached hydrogens (primary N) is 1. The number of alkyl halides is 1. The quantitative estimate of drug-likeness (QED) is 0.179. The molecule has 5 heterocycles. The lowest BCUT2D eigenvalue weighted by atomic mass is 9.90. The third-order valence-electron chi connectivity index (χ3n) is 11.2. The zero-order valence-corrected chi connectivity index (χ0v) is 28.3. The molecule has 1 atom stereocenters. The molecule has 7 rings (SSSR count). The number of halogens is 2. The maximum absolute atomic E-state index is 16.2. The minimum absolute atomic E-state index is 0.00221. The fourth-order valence-corrected chi connectivity index (χ4v) is 8.21. The summed E-state index contributed by atoms with van der Waals surface area (Å²) in [5, 5.41) is 13.2. The molecular formula is C35H42F2N8O6. The number of hydrogen-bond acceptors (Lipinski definition) is 11. The van der Waals surface area contributed by atoms with Gasteiger partial charge in [0.2, 0.25) is 11.8 Å². The summed E-state index contributed by atoms with van der Waals surface area (Å²) in [6.45, 7) is 6.78. The van der Waals surface area contributed by atoms with E-state index in [-0.39, 0.29) is 67.0 Å². The number of nitro benzene ring substituents is 1. The number of rotatable bonds is 8. The first kappa shape index (κ1) is 34.7. The predicted octanol–water partition coefficient (Wildman–Crippen LogP) is 2.56. The van der Waals surface area contributed by atoms with E-state index in [0.29, 0.717) is 12.5 Å². The SMILES string of the molecule is Nc1cc(N2CCN(CC3CCN(CC4(F)CCN(c5cc6c(cc5F)C(=O)N(C5CCC(=O)NC5=O)C6=O)CC4)CC3)CC2)ccc1[N+](=O)[O-]. The van der Waals surface area contributed by atoms with Gasteiger partial charge >= 0.3 is 0 Å². The maximum atomic E-state index is 16.2. The van der Waals surface area contributed by atoms with E-state index in [4.69, 9.17) is 5.73 Å². The number of likely N-dealkylation sites (tertiary alicyclic amines) is 1. The molecule has 0 saturated carbocycles. The third kappa shape index (κ3) is 6.98.